The predicted molar refractivity (Wildman–Crippen MR) is 129 cm³/mol. The van der Waals surface area contributed by atoms with Crippen LogP contribution in [-0.4, -0.2) is 41.9 Å². The highest BCUT2D eigenvalue weighted by atomic mass is 32.2. The Bertz CT molecular complexity index is 1260. The van der Waals surface area contributed by atoms with Gasteiger partial charge >= 0.3 is 0 Å². The molecule has 1 aliphatic heterocycles. The fraction of sp³-hybridized carbons (Fsp3) is 0.320. The van der Waals surface area contributed by atoms with Gasteiger partial charge in [0.05, 0.1) is 0 Å². The number of piperidine rings is 1. The third-order valence-corrected chi connectivity index (χ3v) is 8.01. The summed E-state index contributed by atoms with van der Waals surface area (Å²) in [4.78, 5) is 16.7. The molecule has 34 heavy (non-hydrogen) atoms. The van der Waals surface area contributed by atoms with Crippen molar-refractivity contribution >= 4 is 28.1 Å². The summed E-state index contributed by atoms with van der Waals surface area (Å²) in [5, 5.41) is 6.82. The van der Waals surface area contributed by atoms with Crippen molar-refractivity contribution in [2.24, 2.45) is 5.92 Å². The van der Waals surface area contributed by atoms with Gasteiger partial charge in [-0.2, -0.15) is 4.31 Å². The molecule has 3 heterocycles. The number of pyridine rings is 1. The van der Waals surface area contributed by atoms with Gasteiger partial charge in [0.15, 0.2) is 10.7 Å². The van der Waals surface area contributed by atoms with Gasteiger partial charge in [0, 0.05) is 37.9 Å². The summed E-state index contributed by atoms with van der Waals surface area (Å²) in [6.45, 7) is 4.56. The maximum absolute atomic E-state index is 13.4. The lowest BCUT2D eigenvalue weighted by Gasteiger charge is -2.30. The second-order valence-corrected chi connectivity index (χ2v) is 10.3. The maximum Gasteiger partial charge on any atom is 0.248 e. The highest BCUT2D eigenvalue weighted by Gasteiger charge is 2.35. The lowest BCUT2D eigenvalue weighted by molar-refractivity contribution is -0.126. The molecule has 9 heteroatoms. The van der Waals surface area contributed by atoms with E-state index in [1.54, 1.807) is 31.5 Å². The molecule has 178 valence electrons. The van der Waals surface area contributed by atoms with Crippen molar-refractivity contribution in [3.63, 3.8) is 0 Å². The highest BCUT2D eigenvalue weighted by molar-refractivity contribution is 7.89. The number of aromatic nitrogens is 2. The molecule has 0 atom stereocenters. The summed E-state index contributed by atoms with van der Waals surface area (Å²) in [5.41, 5.74) is 3.32. The summed E-state index contributed by atoms with van der Waals surface area (Å²) >= 11 is 0. The number of amides is 1. The van der Waals surface area contributed by atoms with E-state index in [0.29, 0.717) is 25.1 Å². The lowest BCUT2D eigenvalue weighted by atomic mass is 9.97. The smallest absolute Gasteiger partial charge is 0.248 e. The SMILES string of the molecule is Cc1ccc(C=Cc2onc(C)c2S(=O)(=O)N2CCC(C(=O)NCc3cccnc3)CC2)cc1. The van der Waals surface area contributed by atoms with Crippen LogP contribution in [0.25, 0.3) is 12.2 Å². The van der Waals surface area contributed by atoms with Gasteiger partial charge in [0.25, 0.3) is 0 Å². The van der Waals surface area contributed by atoms with E-state index in [9.17, 15) is 13.2 Å². The van der Waals surface area contributed by atoms with Crippen molar-refractivity contribution in [1.82, 2.24) is 19.8 Å². The van der Waals surface area contributed by atoms with E-state index in [1.807, 2.05) is 43.3 Å². The lowest BCUT2D eigenvalue weighted by Crippen LogP contribution is -2.43. The fourth-order valence-corrected chi connectivity index (χ4v) is 5.69. The normalized spacial score (nSPS) is 15.6. The van der Waals surface area contributed by atoms with Gasteiger partial charge in [-0.25, -0.2) is 8.42 Å². The molecule has 1 N–H and O–H groups in total. The van der Waals surface area contributed by atoms with Gasteiger partial charge in [-0.05, 0) is 50.0 Å². The van der Waals surface area contributed by atoms with Crippen molar-refractivity contribution in [1.29, 1.82) is 0 Å². The number of aryl methyl sites for hydroxylation is 2. The number of nitrogens with one attached hydrogen (secondary N) is 1. The first-order valence-electron chi connectivity index (χ1n) is 11.2. The Labute approximate surface area is 199 Å². The van der Waals surface area contributed by atoms with Crippen LogP contribution < -0.4 is 5.32 Å². The molecule has 0 spiro atoms. The molecule has 0 radical (unpaired) electrons. The molecular formula is C25H28N4O4S. The molecule has 0 saturated carbocycles. The maximum atomic E-state index is 13.4. The molecule has 0 bridgehead atoms. The van der Waals surface area contributed by atoms with E-state index in [1.165, 1.54) is 4.31 Å². The van der Waals surface area contributed by atoms with Gasteiger partial charge in [-0.15, -0.1) is 0 Å². The molecule has 0 aliphatic carbocycles. The Morgan fingerprint density at radius 2 is 1.88 bits per heavy atom. The summed E-state index contributed by atoms with van der Waals surface area (Å²) in [5.74, 6) is -0.0919. The third-order valence-electron chi connectivity index (χ3n) is 5.95. The van der Waals surface area contributed by atoms with Crippen LogP contribution in [-0.2, 0) is 21.4 Å². The van der Waals surface area contributed by atoms with Gasteiger partial charge in [0.1, 0.15) is 5.69 Å². The minimum Gasteiger partial charge on any atom is -0.355 e. The van der Waals surface area contributed by atoms with Crippen LogP contribution in [0.2, 0.25) is 0 Å². The van der Waals surface area contributed by atoms with Gasteiger partial charge in [-0.1, -0.05) is 47.1 Å². The minimum absolute atomic E-state index is 0.0659. The van der Waals surface area contributed by atoms with Crippen molar-refractivity contribution in [3.8, 4) is 0 Å². The van der Waals surface area contributed by atoms with Crippen LogP contribution >= 0.6 is 0 Å². The zero-order valence-corrected chi connectivity index (χ0v) is 20.1. The van der Waals surface area contributed by atoms with E-state index >= 15 is 0 Å². The quantitative estimate of drug-likeness (QED) is 0.554. The van der Waals surface area contributed by atoms with Crippen molar-refractivity contribution < 1.29 is 17.7 Å². The van der Waals surface area contributed by atoms with Crippen molar-refractivity contribution in [2.45, 2.75) is 38.1 Å². The van der Waals surface area contributed by atoms with Crippen LogP contribution in [0.3, 0.4) is 0 Å². The molecule has 1 aromatic carbocycles. The first-order valence-corrected chi connectivity index (χ1v) is 12.7. The molecule has 0 unspecified atom stereocenters. The molecule has 1 amide bonds. The number of rotatable bonds is 7. The monoisotopic (exact) mass is 480 g/mol. The number of sulfonamides is 1. The molecule has 1 saturated heterocycles. The molecule has 1 aliphatic rings. The standard InChI is InChI=1S/C25H28N4O4S/c1-18-5-7-20(8-6-18)9-10-23-24(19(2)28-33-23)34(31,32)29-14-11-22(12-15-29)25(30)27-17-21-4-3-13-26-16-21/h3-10,13,16,22H,11-12,14-15,17H2,1-2H3,(H,27,30). The second-order valence-electron chi connectivity index (χ2n) is 8.46. The zero-order chi connectivity index (χ0) is 24.1. The first kappa shape index (κ1) is 23.8. The van der Waals surface area contributed by atoms with Crippen LogP contribution in [0.1, 0.15) is 41.0 Å². The topological polar surface area (TPSA) is 105 Å². The van der Waals surface area contributed by atoms with E-state index in [-0.39, 0.29) is 35.6 Å². The Hall–Kier alpha value is -3.30. The molecular weight excluding hydrogens is 452 g/mol. The zero-order valence-electron chi connectivity index (χ0n) is 19.3. The molecule has 4 rings (SSSR count). The minimum atomic E-state index is -3.81. The Balaban J connectivity index is 1.41. The number of hydrogen-bond donors (Lipinski definition) is 1. The number of carbonyl (C=O) groups excluding carboxylic acids is 1. The Kier molecular flexibility index (Phi) is 7.23. The van der Waals surface area contributed by atoms with Gasteiger partial charge in [0.2, 0.25) is 15.9 Å². The average Bonchev–Trinajstić information content (AvgIpc) is 3.24. The molecule has 8 nitrogen and oxygen atoms in total. The molecule has 3 aromatic rings. The predicted octanol–water partition coefficient (Wildman–Crippen LogP) is 3.57. The van der Waals surface area contributed by atoms with Crippen LogP contribution in [0.15, 0.2) is 58.2 Å². The Morgan fingerprint density at radius 3 is 2.56 bits per heavy atom. The number of carbonyl (C=O) groups is 1. The highest BCUT2D eigenvalue weighted by Crippen LogP contribution is 2.29. The fourth-order valence-electron chi connectivity index (χ4n) is 3.97. The first-order chi connectivity index (χ1) is 16.3. The van der Waals surface area contributed by atoms with Gasteiger partial charge < -0.3 is 9.84 Å². The summed E-state index contributed by atoms with van der Waals surface area (Å²) in [6.07, 6.45) is 7.74. The number of nitrogens with zero attached hydrogens (tertiary/aromatic N) is 3. The van der Waals surface area contributed by atoms with E-state index in [0.717, 1.165) is 16.7 Å². The largest absolute Gasteiger partial charge is 0.355 e. The van der Waals surface area contributed by atoms with E-state index < -0.39 is 10.0 Å². The van der Waals surface area contributed by atoms with Crippen molar-refractivity contribution in [3.05, 3.63) is 76.9 Å². The summed E-state index contributed by atoms with van der Waals surface area (Å²) in [6, 6.07) is 11.6. The van der Waals surface area contributed by atoms with E-state index in [2.05, 4.69) is 15.5 Å². The van der Waals surface area contributed by atoms with Crippen LogP contribution in [0, 0.1) is 19.8 Å². The van der Waals surface area contributed by atoms with Crippen LogP contribution in [0.4, 0.5) is 0 Å². The van der Waals surface area contributed by atoms with Crippen molar-refractivity contribution in [2.75, 3.05) is 13.1 Å². The molecule has 2 aromatic heterocycles. The second kappa shape index (κ2) is 10.3. The number of benzene rings is 1. The number of hydrogen-bond acceptors (Lipinski definition) is 6. The average molecular weight is 481 g/mol. The molecule has 1 fully saturated rings. The van der Waals surface area contributed by atoms with E-state index in [4.69, 9.17) is 4.52 Å². The Morgan fingerprint density at radius 1 is 1.15 bits per heavy atom. The third kappa shape index (κ3) is 5.43. The summed E-state index contributed by atoms with van der Waals surface area (Å²) in [7, 11) is -3.81. The van der Waals surface area contributed by atoms with Crippen LogP contribution in [0.5, 0.6) is 0 Å². The summed E-state index contributed by atoms with van der Waals surface area (Å²) < 4.78 is 33.6. The van der Waals surface area contributed by atoms with Gasteiger partial charge in [-0.3, -0.25) is 9.78 Å².